The van der Waals surface area contributed by atoms with E-state index in [1.165, 1.54) is 67.2 Å². The maximum absolute atomic E-state index is 16.1. The van der Waals surface area contributed by atoms with Crippen LogP contribution in [0.4, 0.5) is 4.39 Å². The summed E-state index contributed by atoms with van der Waals surface area (Å²) >= 11 is 0. The normalized spacial score (nSPS) is 21.2. The molecule has 0 aliphatic heterocycles. The van der Waals surface area contributed by atoms with Gasteiger partial charge in [-0.05, 0) is 95.7 Å². The first-order valence-electron chi connectivity index (χ1n) is 15.0. The summed E-state index contributed by atoms with van der Waals surface area (Å²) in [5.74, 6) is 1.60. The highest BCUT2D eigenvalue weighted by Crippen LogP contribution is 2.51. The van der Waals surface area contributed by atoms with E-state index in [-0.39, 0.29) is 11.2 Å². The van der Waals surface area contributed by atoms with Crippen LogP contribution in [0.5, 0.6) is 0 Å². The molecule has 0 unspecified atom stereocenters. The predicted molar refractivity (Wildman–Crippen MR) is 155 cm³/mol. The zero-order chi connectivity index (χ0) is 25.8. The molecular formula is C36H45F. The van der Waals surface area contributed by atoms with Crippen LogP contribution in [0, 0.1) is 17.7 Å². The number of aryl methyl sites for hydroxylation is 2. The highest BCUT2D eigenvalue weighted by atomic mass is 19.1. The van der Waals surface area contributed by atoms with Crippen molar-refractivity contribution in [3.63, 3.8) is 0 Å². The van der Waals surface area contributed by atoms with E-state index in [0.29, 0.717) is 11.8 Å². The maximum Gasteiger partial charge on any atom is 0.126 e. The van der Waals surface area contributed by atoms with Crippen molar-refractivity contribution < 1.29 is 4.39 Å². The summed E-state index contributed by atoms with van der Waals surface area (Å²) in [5, 5.41) is 0. The van der Waals surface area contributed by atoms with Gasteiger partial charge in [0.15, 0.2) is 0 Å². The van der Waals surface area contributed by atoms with Crippen molar-refractivity contribution in [2.24, 2.45) is 11.8 Å². The van der Waals surface area contributed by atoms with Crippen LogP contribution in [-0.4, -0.2) is 0 Å². The molecule has 3 aromatic carbocycles. The molecule has 1 heteroatoms. The van der Waals surface area contributed by atoms with Crippen LogP contribution in [0.2, 0.25) is 0 Å². The fraction of sp³-hybridized carbons (Fsp3) is 0.500. The molecule has 2 aliphatic carbocycles. The Bertz CT molecular complexity index is 1090. The van der Waals surface area contributed by atoms with Gasteiger partial charge in [0.2, 0.25) is 0 Å². The molecule has 2 saturated carbocycles. The minimum atomic E-state index is -0.334. The van der Waals surface area contributed by atoms with Crippen LogP contribution in [0.1, 0.15) is 118 Å². The van der Waals surface area contributed by atoms with E-state index in [1.807, 2.05) is 6.07 Å². The first kappa shape index (κ1) is 26.2. The zero-order valence-electron chi connectivity index (χ0n) is 23.2. The fourth-order valence-corrected chi connectivity index (χ4v) is 7.42. The van der Waals surface area contributed by atoms with Crippen LogP contribution in [0.25, 0.3) is 0 Å². The van der Waals surface area contributed by atoms with Crippen LogP contribution in [-0.2, 0) is 18.3 Å². The molecule has 0 saturated heterocycles. The van der Waals surface area contributed by atoms with Crippen molar-refractivity contribution in [2.45, 2.75) is 103 Å². The Morgan fingerprint density at radius 2 is 1.16 bits per heavy atom. The van der Waals surface area contributed by atoms with E-state index in [9.17, 15) is 0 Å². The van der Waals surface area contributed by atoms with Crippen LogP contribution < -0.4 is 0 Å². The standard InChI is InChI=1S/C36H45F/c1-4-27-13-19-31(20-14-27)36(30-9-7-6-8-10-30,32-21-15-28(5-2)16-22-32)33-23-24-34(35(37)25-33)29-17-11-26(3)12-18-29/h13-16,19-26,29-30H,4-12,17-18H2,1-3H3. The molecule has 196 valence electrons. The SMILES string of the molecule is CCc1ccc(C(c2ccc(CC)cc2)(c2ccc(C3CCC(C)CC3)c(F)c2)C2CCCCC2)cc1. The molecule has 0 N–H and O–H groups in total. The Balaban J connectivity index is 1.68. The first-order valence-corrected chi connectivity index (χ1v) is 15.0. The summed E-state index contributed by atoms with van der Waals surface area (Å²) in [5.41, 5.74) is 7.10. The quantitative estimate of drug-likeness (QED) is 0.285. The Morgan fingerprint density at radius 1 is 0.649 bits per heavy atom. The van der Waals surface area contributed by atoms with Gasteiger partial charge in [-0.3, -0.25) is 0 Å². The third-order valence-corrected chi connectivity index (χ3v) is 9.76. The van der Waals surface area contributed by atoms with Crippen molar-refractivity contribution in [1.82, 2.24) is 0 Å². The van der Waals surface area contributed by atoms with Gasteiger partial charge in [0.1, 0.15) is 5.82 Å². The number of hydrogen-bond donors (Lipinski definition) is 0. The van der Waals surface area contributed by atoms with Crippen molar-refractivity contribution in [3.8, 4) is 0 Å². The lowest BCUT2D eigenvalue weighted by Gasteiger charge is -2.45. The Morgan fingerprint density at radius 3 is 1.65 bits per heavy atom. The molecule has 5 rings (SSSR count). The average molecular weight is 497 g/mol. The number of benzene rings is 3. The molecule has 3 aromatic rings. The lowest BCUT2D eigenvalue weighted by molar-refractivity contribution is 0.270. The first-order chi connectivity index (χ1) is 18.1. The second-order valence-corrected chi connectivity index (χ2v) is 11.9. The molecule has 0 nitrogen and oxygen atoms in total. The van der Waals surface area contributed by atoms with Gasteiger partial charge in [0, 0.05) is 5.41 Å². The van der Waals surface area contributed by atoms with Crippen LogP contribution in [0.15, 0.2) is 66.7 Å². The minimum Gasteiger partial charge on any atom is -0.207 e. The summed E-state index contributed by atoms with van der Waals surface area (Å²) in [4.78, 5) is 0. The van der Waals surface area contributed by atoms with Gasteiger partial charge in [-0.2, -0.15) is 0 Å². The van der Waals surface area contributed by atoms with Gasteiger partial charge in [0.05, 0.1) is 0 Å². The van der Waals surface area contributed by atoms with Crippen LogP contribution in [0.3, 0.4) is 0 Å². The average Bonchev–Trinajstić information content (AvgIpc) is 2.95. The Hall–Kier alpha value is -2.41. The van der Waals surface area contributed by atoms with Gasteiger partial charge in [-0.25, -0.2) is 4.39 Å². The minimum absolute atomic E-state index is 0.00703. The van der Waals surface area contributed by atoms with Gasteiger partial charge in [-0.15, -0.1) is 0 Å². The monoisotopic (exact) mass is 496 g/mol. The summed E-state index contributed by atoms with van der Waals surface area (Å²) in [6.07, 6.45) is 12.9. The predicted octanol–water partition coefficient (Wildman–Crippen LogP) is 10.2. The van der Waals surface area contributed by atoms with Crippen molar-refractivity contribution >= 4 is 0 Å². The maximum atomic E-state index is 16.1. The second-order valence-electron chi connectivity index (χ2n) is 11.9. The van der Waals surface area contributed by atoms with E-state index in [4.69, 9.17) is 0 Å². The lowest BCUT2D eigenvalue weighted by atomic mass is 9.58. The molecule has 0 spiro atoms. The van der Waals surface area contributed by atoms with Crippen molar-refractivity contribution in [1.29, 1.82) is 0 Å². The third-order valence-electron chi connectivity index (χ3n) is 9.76. The highest BCUT2D eigenvalue weighted by Gasteiger charge is 2.44. The molecular weight excluding hydrogens is 451 g/mol. The fourth-order valence-electron chi connectivity index (χ4n) is 7.42. The summed E-state index contributed by atoms with van der Waals surface area (Å²) in [6, 6.07) is 24.9. The van der Waals surface area contributed by atoms with Crippen molar-refractivity contribution in [3.05, 3.63) is 106 Å². The summed E-state index contributed by atoms with van der Waals surface area (Å²) in [6.45, 7) is 6.77. The largest absolute Gasteiger partial charge is 0.207 e. The molecule has 37 heavy (non-hydrogen) atoms. The van der Waals surface area contributed by atoms with Gasteiger partial charge in [-0.1, -0.05) is 114 Å². The van der Waals surface area contributed by atoms with Crippen LogP contribution >= 0.6 is 0 Å². The van der Waals surface area contributed by atoms with E-state index >= 15 is 4.39 Å². The van der Waals surface area contributed by atoms with Gasteiger partial charge in [0.25, 0.3) is 0 Å². The number of halogens is 1. The number of hydrogen-bond acceptors (Lipinski definition) is 0. The Kier molecular flexibility index (Phi) is 8.18. The summed E-state index contributed by atoms with van der Waals surface area (Å²) < 4.78 is 16.1. The molecule has 0 bridgehead atoms. The van der Waals surface area contributed by atoms with Gasteiger partial charge >= 0.3 is 0 Å². The van der Waals surface area contributed by atoms with E-state index in [2.05, 4.69) is 81.4 Å². The van der Waals surface area contributed by atoms with E-state index in [0.717, 1.165) is 42.7 Å². The zero-order valence-corrected chi connectivity index (χ0v) is 23.2. The molecule has 0 aromatic heterocycles. The topological polar surface area (TPSA) is 0 Å². The van der Waals surface area contributed by atoms with Gasteiger partial charge < -0.3 is 0 Å². The van der Waals surface area contributed by atoms with E-state index < -0.39 is 0 Å². The molecule has 0 atom stereocenters. The highest BCUT2D eigenvalue weighted by molar-refractivity contribution is 5.53. The second kappa shape index (κ2) is 11.5. The number of rotatable bonds is 7. The molecule has 2 fully saturated rings. The lowest BCUT2D eigenvalue weighted by Crippen LogP contribution is -2.39. The Labute approximate surface area is 224 Å². The summed E-state index contributed by atoms with van der Waals surface area (Å²) in [7, 11) is 0. The van der Waals surface area contributed by atoms with Crippen molar-refractivity contribution in [2.75, 3.05) is 0 Å². The molecule has 0 amide bonds. The third kappa shape index (κ3) is 5.16. The molecule has 0 heterocycles. The molecule has 0 radical (unpaired) electrons. The smallest absolute Gasteiger partial charge is 0.126 e. The molecule has 2 aliphatic rings. The van der Waals surface area contributed by atoms with E-state index in [1.54, 1.807) is 0 Å².